The molecule has 0 bridgehead atoms. The van der Waals surface area contributed by atoms with Crippen LogP contribution < -0.4 is 0 Å². The fraction of sp³-hybridized carbons (Fsp3) is 1.00. The van der Waals surface area contributed by atoms with Crippen LogP contribution in [0.25, 0.3) is 0 Å². The van der Waals surface area contributed by atoms with Gasteiger partial charge in [-0.1, -0.05) is 0 Å². The Morgan fingerprint density at radius 1 is 0.219 bits per heavy atom. The van der Waals surface area contributed by atoms with Crippen molar-refractivity contribution in [1.82, 2.24) is 0 Å². The van der Waals surface area contributed by atoms with Crippen LogP contribution in [0, 0.1) is 0 Å². The molecule has 0 rings (SSSR count). The standard InChI is InChI=1S/C10F20I2/c11-1(12,3(15,16)5(19,20)7(23,24)9(27,28)31)2(13,14)4(17,18)6(21,22)8(25,26)10(29,30)32. The Morgan fingerprint density at radius 3 is 0.406 bits per heavy atom. The average molecular weight is 754 g/mol. The second kappa shape index (κ2) is 7.78. The van der Waals surface area contributed by atoms with E-state index >= 15 is 0 Å². The largest absolute Gasteiger partial charge is 0.387 e. The van der Waals surface area contributed by atoms with E-state index in [1.807, 2.05) is 0 Å². The zero-order valence-electron chi connectivity index (χ0n) is 13.3. The Labute approximate surface area is 188 Å². The Balaban J connectivity index is 7.00. The van der Waals surface area contributed by atoms with Crippen molar-refractivity contribution in [1.29, 1.82) is 0 Å². The zero-order valence-corrected chi connectivity index (χ0v) is 17.6. The molecule has 0 heterocycles. The summed E-state index contributed by atoms with van der Waals surface area (Å²) < 4.78 is 247. The maximum absolute atomic E-state index is 13.3. The number of halogens is 22. The third-order valence-electron chi connectivity index (χ3n) is 3.47. The van der Waals surface area contributed by atoms with E-state index in [-0.39, 0.29) is 0 Å². The molecular formula is C10F20I2. The number of rotatable bonds is 9. The highest BCUT2D eigenvalue weighted by atomic mass is 127. The summed E-state index contributed by atoms with van der Waals surface area (Å²) in [6.45, 7) is 0. The minimum Gasteiger partial charge on any atom is -0.192 e. The van der Waals surface area contributed by atoms with Gasteiger partial charge in [-0.25, -0.2) is 0 Å². The summed E-state index contributed by atoms with van der Waals surface area (Å²) in [5.41, 5.74) is 0. The van der Waals surface area contributed by atoms with Crippen LogP contribution in [0.2, 0.25) is 0 Å². The summed E-state index contributed by atoms with van der Waals surface area (Å²) in [7, 11) is 0. The molecule has 0 radical (unpaired) electrons. The first-order valence-electron chi connectivity index (χ1n) is 6.41. The van der Waals surface area contributed by atoms with E-state index in [1.54, 1.807) is 0 Å². The molecule has 0 saturated carbocycles. The lowest BCUT2D eigenvalue weighted by Gasteiger charge is -2.44. The van der Waals surface area contributed by atoms with Crippen LogP contribution in [0.3, 0.4) is 0 Å². The van der Waals surface area contributed by atoms with Gasteiger partial charge in [-0.05, 0) is 0 Å². The summed E-state index contributed by atoms with van der Waals surface area (Å²) in [6.07, 6.45) is 0. The van der Waals surface area contributed by atoms with Gasteiger partial charge in [0.2, 0.25) is 0 Å². The third kappa shape index (κ3) is 3.86. The van der Waals surface area contributed by atoms with Crippen molar-refractivity contribution < 1.29 is 87.8 Å². The normalized spacial score (nSPS) is 17.1. The first-order chi connectivity index (χ1) is 13.2. The molecule has 0 unspecified atom stereocenters. The van der Waals surface area contributed by atoms with E-state index in [0.29, 0.717) is 0 Å². The van der Waals surface area contributed by atoms with E-state index in [0.717, 1.165) is 0 Å². The molecule has 0 aliphatic carbocycles. The van der Waals surface area contributed by atoms with Crippen molar-refractivity contribution in [3.8, 4) is 0 Å². The van der Waals surface area contributed by atoms with Crippen LogP contribution >= 0.6 is 45.2 Å². The van der Waals surface area contributed by atoms with Gasteiger partial charge in [-0.3, -0.25) is 0 Å². The van der Waals surface area contributed by atoms with Crippen molar-refractivity contribution in [2.24, 2.45) is 0 Å². The molecule has 0 N–H and O–H groups in total. The van der Waals surface area contributed by atoms with Gasteiger partial charge in [0.25, 0.3) is 0 Å². The van der Waals surface area contributed by atoms with Crippen molar-refractivity contribution in [3.05, 3.63) is 0 Å². The summed E-state index contributed by atoms with van der Waals surface area (Å²) in [5.74, 6) is -68.0. The van der Waals surface area contributed by atoms with Gasteiger partial charge in [-0.15, -0.1) is 0 Å². The molecule has 0 spiro atoms. The summed E-state index contributed by atoms with van der Waals surface area (Å²) in [6, 6.07) is 0. The minimum absolute atomic E-state index is 1.10. The molecule has 0 aliphatic heterocycles. The molecule has 0 atom stereocenters. The first kappa shape index (κ1) is 32.1. The van der Waals surface area contributed by atoms with Crippen molar-refractivity contribution in [2.75, 3.05) is 0 Å². The van der Waals surface area contributed by atoms with Crippen LogP contribution in [0.5, 0.6) is 0 Å². The van der Waals surface area contributed by atoms with Crippen LogP contribution in [-0.2, 0) is 0 Å². The van der Waals surface area contributed by atoms with Gasteiger partial charge in [-0.2, -0.15) is 87.8 Å². The highest BCUT2D eigenvalue weighted by Gasteiger charge is 2.97. The van der Waals surface area contributed by atoms with Gasteiger partial charge >= 0.3 is 55.2 Å². The molecule has 0 aromatic rings. The summed E-state index contributed by atoms with van der Waals surface area (Å²) >= 11 is -2.20. The van der Waals surface area contributed by atoms with Gasteiger partial charge < -0.3 is 0 Å². The molecule has 0 aromatic heterocycles. The lowest BCUT2D eigenvalue weighted by atomic mass is 9.87. The van der Waals surface area contributed by atoms with Gasteiger partial charge in [0, 0.05) is 45.2 Å². The lowest BCUT2D eigenvalue weighted by molar-refractivity contribution is -0.462. The molecule has 0 nitrogen and oxygen atoms in total. The second-order valence-electron chi connectivity index (χ2n) is 5.59. The first-order valence-corrected chi connectivity index (χ1v) is 8.57. The second-order valence-corrected chi connectivity index (χ2v) is 8.30. The quantitative estimate of drug-likeness (QED) is 0.127. The Hall–Kier alpha value is 0.0600. The Morgan fingerprint density at radius 2 is 0.312 bits per heavy atom. The molecule has 0 aromatic carbocycles. The SMILES string of the molecule is FC(F)(I)C(F)(F)C(F)(F)C(F)(F)C(F)(F)C(F)(F)C(F)(F)C(F)(F)C(F)(F)C(F)(F)I. The number of hydrogen-bond acceptors (Lipinski definition) is 0. The minimum atomic E-state index is -8.96. The predicted molar refractivity (Wildman–Crippen MR) is 77.5 cm³/mol. The molecule has 0 aliphatic rings. The van der Waals surface area contributed by atoms with Crippen LogP contribution in [-0.4, -0.2) is 55.2 Å². The summed E-state index contributed by atoms with van der Waals surface area (Å²) in [4.78, 5) is 0. The smallest absolute Gasteiger partial charge is 0.192 e. The highest BCUT2D eigenvalue weighted by molar-refractivity contribution is 14.1. The molecule has 0 fully saturated rings. The molecular weight excluding hydrogens is 754 g/mol. The van der Waals surface area contributed by atoms with Crippen LogP contribution in [0.1, 0.15) is 0 Å². The summed E-state index contributed by atoms with van der Waals surface area (Å²) in [5, 5.41) is 0. The number of hydrogen-bond donors (Lipinski definition) is 0. The Kier molecular flexibility index (Phi) is 7.80. The van der Waals surface area contributed by atoms with Gasteiger partial charge in [0.05, 0.1) is 0 Å². The average Bonchev–Trinajstić information content (AvgIpc) is 2.51. The van der Waals surface area contributed by atoms with E-state index in [9.17, 15) is 87.8 Å². The van der Waals surface area contributed by atoms with Gasteiger partial charge in [0.15, 0.2) is 0 Å². The highest BCUT2D eigenvalue weighted by Crippen LogP contribution is 2.66. The molecule has 0 amide bonds. The van der Waals surface area contributed by atoms with Crippen LogP contribution in [0.15, 0.2) is 0 Å². The fourth-order valence-electron chi connectivity index (χ4n) is 1.54. The number of alkyl halides is 22. The third-order valence-corrected chi connectivity index (χ3v) is 4.83. The zero-order chi connectivity index (χ0) is 27.0. The van der Waals surface area contributed by atoms with Crippen molar-refractivity contribution >= 4 is 45.2 Å². The maximum atomic E-state index is 13.3. The fourth-order valence-corrected chi connectivity index (χ4v) is 2.22. The van der Waals surface area contributed by atoms with E-state index < -0.39 is 100 Å². The van der Waals surface area contributed by atoms with Crippen molar-refractivity contribution in [3.63, 3.8) is 0 Å². The maximum Gasteiger partial charge on any atom is 0.387 e. The Bertz CT molecular complexity index is 636. The monoisotopic (exact) mass is 754 g/mol. The lowest BCUT2D eigenvalue weighted by Crippen LogP contribution is -2.76. The van der Waals surface area contributed by atoms with Crippen LogP contribution in [0.4, 0.5) is 87.8 Å². The predicted octanol–water partition coefficient (Wildman–Crippen LogP) is 8.12. The van der Waals surface area contributed by atoms with Crippen molar-refractivity contribution in [2.45, 2.75) is 55.2 Å². The van der Waals surface area contributed by atoms with E-state index in [1.165, 1.54) is 0 Å². The molecule has 32 heavy (non-hydrogen) atoms. The van der Waals surface area contributed by atoms with Gasteiger partial charge in [0.1, 0.15) is 0 Å². The molecule has 22 heteroatoms. The van der Waals surface area contributed by atoms with E-state index in [4.69, 9.17) is 0 Å². The molecule has 194 valence electrons. The topological polar surface area (TPSA) is 0 Å². The molecule has 0 saturated heterocycles. The van der Waals surface area contributed by atoms with E-state index in [2.05, 4.69) is 0 Å².